The van der Waals surface area contributed by atoms with Crippen LogP contribution in [0.3, 0.4) is 0 Å². The number of nitrogens with two attached hydrogens (primary N) is 1. The molecule has 1 heterocycles. The van der Waals surface area contributed by atoms with Crippen LogP contribution in [0.4, 0.5) is 0 Å². The summed E-state index contributed by atoms with van der Waals surface area (Å²) >= 11 is 12.6. The van der Waals surface area contributed by atoms with Crippen molar-refractivity contribution in [2.24, 2.45) is 12.8 Å². The second-order valence-electron chi connectivity index (χ2n) is 5.35. The SMILES string of the molecule is Cn1c(C(CN)Cc2c(Cl)cccc2Cl)nc2ccccc21. The zero-order valence-electron chi connectivity index (χ0n) is 12.3. The van der Waals surface area contributed by atoms with E-state index in [0.29, 0.717) is 23.0 Å². The fraction of sp³-hybridized carbons (Fsp3) is 0.235. The summed E-state index contributed by atoms with van der Waals surface area (Å²) in [6.45, 7) is 0.485. The Morgan fingerprint density at radius 1 is 1.09 bits per heavy atom. The Morgan fingerprint density at radius 3 is 2.41 bits per heavy atom. The number of hydrogen-bond donors (Lipinski definition) is 1. The summed E-state index contributed by atoms with van der Waals surface area (Å²) < 4.78 is 2.09. The number of aromatic nitrogens is 2. The molecule has 5 heteroatoms. The molecule has 0 spiro atoms. The number of rotatable bonds is 4. The summed E-state index contributed by atoms with van der Waals surface area (Å²) in [4.78, 5) is 4.74. The van der Waals surface area contributed by atoms with Gasteiger partial charge in [0, 0.05) is 29.6 Å². The van der Waals surface area contributed by atoms with E-state index < -0.39 is 0 Å². The molecule has 0 bridgehead atoms. The summed E-state index contributed by atoms with van der Waals surface area (Å²) in [5.74, 6) is 1.02. The maximum Gasteiger partial charge on any atom is 0.114 e. The third-order valence-electron chi connectivity index (χ3n) is 3.98. The van der Waals surface area contributed by atoms with Crippen LogP contribution >= 0.6 is 23.2 Å². The number of para-hydroxylation sites is 2. The third kappa shape index (κ3) is 2.72. The minimum atomic E-state index is 0.0646. The van der Waals surface area contributed by atoms with Gasteiger partial charge in [0.25, 0.3) is 0 Å². The molecular formula is C17H17Cl2N3. The second-order valence-corrected chi connectivity index (χ2v) is 6.17. The van der Waals surface area contributed by atoms with E-state index >= 15 is 0 Å². The first-order valence-electron chi connectivity index (χ1n) is 7.16. The van der Waals surface area contributed by atoms with Crippen LogP contribution in [0.1, 0.15) is 17.3 Å². The van der Waals surface area contributed by atoms with Gasteiger partial charge in [0.2, 0.25) is 0 Å². The van der Waals surface area contributed by atoms with E-state index in [1.165, 1.54) is 0 Å². The lowest BCUT2D eigenvalue weighted by Gasteiger charge is -2.16. The standard InChI is InChI=1S/C17H17Cl2N3/c1-22-16-8-3-2-7-15(16)21-17(22)11(10-20)9-12-13(18)5-4-6-14(12)19/h2-8,11H,9-10,20H2,1H3. The van der Waals surface area contributed by atoms with Gasteiger partial charge in [-0.05, 0) is 36.2 Å². The minimum absolute atomic E-state index is 0.0646. The molecule has 2 N–H and O–H groups in total. The van der Waals surface area contributed by atoms with Crippen LogP contribution < -0.4 is 5.73 Å². The van der Waals surface area contributed by atoms with Crippen LogP contribution in [0, 0.1) is 0 Å². The lowest BCUT2D eigenvalue weighted by molar-refractivity contribution is 0.623. The van der Waals surface area contributed by atoms with Crippen LogP contribution in [0.15, 0.2) is 42.5 Å². The van der Waals surface area contributed by atoms with Crippen LogP contribution in [-0.4, -0.2) is 16.1 Å². The van der Waals surface area contributed by atoms with Gasteiger partial charge in [-0.15, -0.1) is 0 Å². The molecule has 1 atom stereocenters. The molecule has 0 aliphatic carbocycles. The summed E-state index contributed by atoms with van der Waals surface area (Å²) in [6, 6.07) is 13.6. The number of aryl methyl sites for hydroxylation is 1. The van der Waals surface area contributed by atoms with Crippen molar-refractivity contribution in [3.05, 3.63) is 63.9 Å². The Morgan fingerprint density at radius 2 is 1.77 bits per heavy atom. The number of nitrogens with zero attached hydrogens (tertiary/aromatic N) is 2. The summed E-state index contributed by atoms with van der Waals surface area (Å²) in [7, 11) is 2.02. The Balaban J connectivity index is 2.01. The average molecular weight is 334 g/mol. The number of benzene rings is 2. The van der Waals surface area contributed by atoms with Crippen molar-refractivity contribution in [2.75, 3.05) is 6.54 Å². The number of fused-ring (bicyclic) bond motifs is 1. The molecule has 3 nitrogen and oxygen atoms in total. The summed E-state index contributed by atoms with van der Waals surface area (Å²) in [5.41, 5.74) is 9.00. The predicted molar refractivity (Wildman–Crippen MR) is 92.7 cm³/mol. The largest absolute Gasteiger partial charge is 0.331 e. The molecule has 0 radical (unpaired) electrons. The molecule has 3 aromatic rings. The molecule has 0 saturated heterocycles. The first-order chi connectivity index (χ1) is 10.6. The van der Waals surface area contributed by atoms with Crippen molar-refractivity contribution in [1.82, 2.24) is 9.55 Å². The van der Waals surface area contributed by atoms with Crippen LogP contribution in [-0.2, 0) is 13.5 Å². The van der Waals surface area contributed by atoms with Gasteiger partial charge in [-0.1, -0.05) is 41.4 Å². The summed E-state index contributed by atoms with van der Waals surface area (Å²) in [5, 5.41) is 1.34. The molecule has 114 valence electrons. The fourth-order valence-electron chi connectivity index (χ4n) is 2.78. The zero-order valence-corrected chi connectivity index (χ0v) is 13.8. The van der Waals surface area contributed by atoms with Crippen molar-refractivity contribution in [3.8, 4) is 0 Å². The van der Waals surface area contributed by atoms with Gasteiger partial charge in [0.15, 0.2) is 0 Å². The molecule has 0 aliphatic rings. The summed E-state index contributed by atoms with van der Waals surface area (Å²) in [6.07, 6.45) is 0.673. The first-order valence-corrected chi connectivity index (χ1v) is 7.91. The molecule has 1 unspecified atom stereocenters. The highest BCUT2D eigenvalue weighted by Gasteiger charge is 2.20. The topological polar surface area (TPSA) is 43.8 Å². The van der Waals surface area contributed by atoms with E-state index in [4.69, 9.17) is 33.9 Å². The van der Waals surface area contributed by atoms with Gasteiger partial charge in [0.1, 0.15) is 5.82 Å². The first kappa shape index (κ1) is 15.3. The molecule has 3 rings (SSSR count). The van der Waals surface area contributed by atoms with Crippen molar-refractivity contribution in [2.45, 2.75) is 12.3 Å². The molecule has 0 fully saturated rings. The van der Waals surface area contributed by atoms with Gasteiger partial charge in [-0.2, -0.15) is 0 Å². The molecule has 22 heavy (non-hydrogen) atoms. The molecule has 1 aromatic heterocycles. The number of halogens is 2. The highest BCUT2D eigenvalue weighted by molar-refractivity contribution is 6.36. The predicted octanol–water partition coefficient (Wildman–Crippen LogP) is 4.17. The fourth-order valence-corrected chi connectivity index (χ4v) is 3.33. The molecule has 0 amide bonds. The van der Waals surface area contributed by atoms with Gasteiger partial charge in [-0.25, -0.2) is 4.98 Å². The normalized spacial score (nSPS) is 12.7. The second kappa shape index (κ2) is 6.29. The van der Waals surface area contributed by atoms with E-state index in [1.807, 2.05) is 43.4 Å². The highest BCUT2D eigenvalue weighted by Crippen LogP contribution is 2.30. The third-order valence-corrected chi connectivity index (χ3v) is 4.69. The van der Waals surface area contributed by atoms with Crippen LogP contribution in [0.2, 0.25) is 10.0 Å². The van der Waals surface area contributed by atoms with Crippen molar-refractivity contribution in [1.29, 1.82) is 0 Å². The maximum absolute atomic E-state index is 6.28. The average Bonchev–Trinajstić information content (AvgIpc) is 2.85. The Hall–Kier alpha value is -1.55. The van der Waals surface area contributed by atoms with Gasteiger partial charge in [0.05, 0.1) is 11.0 Å². The van der Waals surface area contributed by atoms with Gasteiger partial charge < -0.3 is 10.3 Å². The van der Waals surface area contributed by atoms with E-state index in [1.54, 1.807) is 0 Å². The quantitative estimate of drug-likeness (QED) is 0.778. The maximum atomic E-state index is 6.28. The Bertz CT molecular complexity index is 791. The van der Waals surface area contributed by atoms with Crippen molar-refractivity contribution >= 4 is 34.2 Å². The molecule has 0 saturated carbocycles. The van der Waals surface area contributed by atoms with E-state index in [0.717, 1.165) is 22.4 Å². The zero-order chi connectivity index (χ0) is 15.7. The van der Waals surface area contributed by atoms with E-state index in [2.05, 4.69) is 10.6 Å². The Labute approximate surface area is 139 Å². The van der Waals surface area contributed by atoms with E-state index in [9.17, 15) is 0 Å². The number of imidazole rings is 1. The molecule has 0 aliphatic heterocycles. The van der Waals surface area contributed by atoms with Crippen molar-refractivity contribution < 1.29 is 0 Å². The monoisotopic (exact) mass is 333 g/mol. The minimum Gasteiger partial charge on any atom is -0.331 e. The van der Waals surface area contributed by atoms with Crippen molar-refractivity contribution in [3.63, 3.8) is 0 Å². The lowest BCUT2D eigenvalue weighted by atomic mass is 9.98. The van der Waals surface area contributed by atoms with Crippen LogP contribution in [0.25, 0.3) is 11.0 Å². The number of hydrogen-bond acceptors (Lipinski definition) is 2. The Kier molecular flexibility index (Phi) is 4.39. The lowest BCUT2D eigenvalue weighted by Crippen LogP contribution is -2.19. The molecule has 2 aromatic carbocycles. The van der Waals surface area contributed by atoms with E-state index in [-0.39, 0.29) is 5.92 Å². The van der Waals surface area contributed by atoms with Gasteiger partial charge >= 0.3 is 0 Å². The smallest absolute Gasteiger partial charge is 0.114 e. The highest BCUT2D eigenvalue weighted by atomic mass is 35.5. The van der Waals surface area contributed by atoms with Gasteiger partial charge in [-0.3, -0.25) is 0 Å². The van der Waals surface area contributed by atoms with Crippen LogP contribution in [0.5, 0.6) is 0 Å². The molecular weight excluding hydrogens is 317 g/mol.